The summed E-state index contributed by atoms with van der Waals surface area (Å²) in [7, 11) is -3.51. The molecule has 1 aromatic rings. The van der Waals surface area contributed by atoms with Crippen molar-refractivity contribution in [2.45, 2.75) is 44.6 Å². The first-order valence-electron chi connectivity index (χ1n) is 6.74. The first kappa shape index (κ1) is 15.0. The third-order valence-corrected chi connectivity index (χ3v) is 5.18. The van der Waals surface area contributed by atoms with Crippen molar-refractivity contribution in [1.29, 1.82) is 0 Å². The second kappa shape index (κ2) is 5.54. The van der Waals surface area contributed by atoms with E-state index in [1.54, 1.807) is 12.1 Å². The number of nitrogens with one attached hydrogen (secondary N) is 2. The fourth-order valence-corrected chi connectivity index (χ4v) is 3.42. The maximum absolute atomic E-state index is 12.3. The summed E-state index contributed by atoms with van der Waals surface area (Å²) >= 11 is 0. The van der Waals surface area contributed by atoms with E-state index in [-0.39, 0.29) is 22.8 Å². The summed E-state index contributed by atoms with van der Waals surface area (Å²) in [6.45, 7) is 5.78. The van der Waals surface area contributed by atoms with Gasteiger partial charge >= 0.3 is 0 Å². The molecular formula is C14H20N2O3S. The minimum Gasteiger partial charge on any atom is -0.326 e. The molecular weight excluding hydrogens is 276 g/mol. The highest BCUT2D eigenvalue weighted by atomic mass is 32.2. The Morgan fingerprint density at radius 2 is 1.90 bits per heavy atom. The summed E-state index contributed by atoms with van der Waals surface area (Å²) < 4.78 is 27.3. The van der Waals surface area contributed by atoms with Gasteiger partial charge in [-0.05, 0) is 43.0 Å². The van der Waals surface area contributed by atoms with E-state index in [9.17, 15) is 13.2 Å². The molecule has 2 N–H and O–H groups in total. The first-order valence-corrected chi connectivity index (χ1v) is 8.23. The number of amides is 1. The molecule has 0 bridgehead atoms. The van der Waals surface area contributed by atoms with E-state index < -0.39 is 10.0 Å². The highest BCUT2D eigenvalue weighted by Crippen LogP contribution is 2.25. The van der Waals surface area contributed by atoms with Crippen LogP contribution in [0.1, 0.15) is 32.8 Å². The van der Waals surface area contributed by atoms with Gasteiger partial charge in [0.1, 0.15) is 0 Å². The van der Waals surface area contributed by atoms with Crippen molar-refractivity contribution in [3.05, 3.63) is 23.8 Å². The van der Waals surface area contributed by atoms with Crippen LogP contribution in [0.25, 0.3) is 0 Å². The number of carbonyl (C=O) groups excluding carboxylic acids is 1. The van der Waals surface area contributed by atoms with Crippen molar-refractivity contribution >= 4 is 21.6 Å². The number of hydrogen-bond donors (Lipinski definition) is 2. The molecule has 0 fully saturated rings. The van der Waals surface area contributed by atoms with Gasteiger partial charge < -0.3 is 5.32 Å². The van der Waals surface area contributed by atoms with Crippen molar-refractivity contribution in [2.24, 2.45) is 5.92 Å². The average Bonchev–Trinajstić information content (AvgIpc) is 2.37. The topological polar surface area (TPSA) is 75.3 Å². The van der Waals surface area contributed by atoms with Crippen LogP contribution in [0.5, 0.6) is 0 Å². The van der Waals surface area contributed by atoms with Crippen LogP contribution in [0.4, 0.5) is 5.69 Å². The summed E-state index contributed by atoms with van der Waals surface area (Å²) in [6.07, 6.45) is 0.969. The molecule has 0 saturated heterocycles. The smallest absolute Gasteiger partial charge is 0.240 e. The van der Waals surface area contributed by atoms with E-state index in [0.29, 0.717) is 18.5 Å². The lowest BCUT2D eigenvalue weighted by Gasteiger charge is -2.20. The Morgan fingerprint density at radius 3 is 2.55 bits per heavy atom. The van der Waals surface area contributed by atoms with E-state index in [1.807, 2.05) is 20.8 Å². The Hall–Kier alpha value is -1.40. The quantitative estimate of drug-likeness (QED) is 0.891. The fraction of sp³-hybridized carbons (Fsp3) is 0.500. The predicted octanol–water partition coefficient (Wildman–Crippen LogP) is 1.89. The number of anilines is 1. The number of benzene rings is 1. The molecule has 20 heavy (non-hydrogen) atoms. The summed E-state index contributed by atoms with van der Waals surface area (Å²) in [6, 6.07) is 4.70. The van der Waals surface area contributed by atoms with Crippen LogP contribution >= 0.6 is 0 Å². The van der Waals surface area contributed by atoms with E-state index in [1.165, 1.54) is 6.07 Å². The van der Waals surface area contributed by atoms with Gasteiger partial charge in [-0.2, -0.15) is 0 Å². The molecule has 1 atom stereocenters. The summed E-state index contributed by atoms with van der Waals surface area (Å²) in [5.41, 5.74) is 1.57. The second-order valence-corrected chi connectivity index (χ2v) is 7.24. The van der Waals surface area contributed by atoms with Gasteiger partial charge in [0.15, 0.2) is 0 Å². The molecule has 5 nitrogen and oxygen atoms in total. The Kier molecular flexibility index (Phi) is 4.15. The molecule has 0 spiro atoms. The van der Waals surface area contributed by atoms with Crippen LogP contribution in [0.3, 0.4) is 0 Å². The summed E-state index contributed by atoms with van der Waals surface area (Å²) in [4.78, 5) is 11.5. The standard InChI is InChI=1S/C14H20N2O3S/c1-9(2)10(3)16-20(18,19)12-5-6-13-11(8-12)4-7-14(17)15-13/h5-6,8-10,16H,4,7H2,1-3H3,(H,15,17)/t10-/m1/s1. The van der Waals surface area contributed by atoms with E-state index in [4.69, 9.17) is 0 Å². The van der Waals surface area contributed by atoms with Gasteiger partial charge in [0.25, 0.3) is 0 Å². The molecule has 0 aromatic heterocycles. The third kappa shape index (κ3) is 3.19. The van der Waals surface area contributed by atoms with Crippen LogP contribution < -0.4 is 10.0 Å². The number of carbonyl (C=O) groups is 1. The summed E-state index contributed by atoms with van der Waals surface area (Å²) in [5.74, 6) is 0.196. The van der Waals surface area contributed by atoms with Gasteiger partial charge in [-0.3, -0.25) is 4.79 Å². The molecule has 0 unspecified atom stereocenters. The number of hydrogen-bond acceptors (Lipinski definition) is 3. The van der Waals surface area contributed by atoms with Crippen molar-refractivity contribution in [3.8, 4) is 0 Å². The molecule has 2 rings (SSSR count). The molecule has 1 aromatic carbocycles. The lowest BCUT2D eigenvalue weighted by atomic mass is 10.0. The molecule has 0 saturated carbocycles. The Bertz CT molecular complexity index is 623. The zero-order chi connectivity index (χ0) is 14.9. The number of rotatable bonds is 4. The van der Waals surface area contributed by atoms with Gasteiger partial charge in [-0.15, -0.1) is 0 Å². The van der Waals surface area contributed by atoms with Crippen LogP contribution in [-0.4, -0.2) is 20.4 Å². The zero-order valence-corrected chi connectivity index (χ0v) is 12.8. The van der Waals surface area contributed by atoms with Crippen LogP contribution in [0, 0.1) is 5.92 Å². The SMILES string of the molecule is CC(C)[C@@H](C)NS(=O)(=O)c1ccc2c(c1)CCC(=O)N2. The highest BCUT2D eigenvalue weighted by molar-refractivity contribution is 7.89. The lowest BCUT2D eigenvalue weighted by Crippen LogP contribution is -2.36. The monoisotopic (exact) mass is 296 g/mol. The minimum absolute atomic E-state index is 0.0281. The molecule has 6 heteroatoms. The van der Waals surface area contributed by atoms with Crippen molar-refractivity contribution < 1.29 is 13.2 Å². The van der Waals surface area contributed by atoms with E-state index in [2.05, 4.69) is 10.0 Å². The number of fused-ring (bicyclic) bond motifs is 1. The molecule has 1 heterocycles. The van der Waals surface area contributed by atoms with Crippen molar-refractivity contribution in [3.63, 3.8) is 0 Å². The zero-order valence-electron chi connectivity index (χ0n) is 11.9. The average molecular weight is 296 g/mol. The normalized spacial score (nSPS) is 16.7. The first-order chi connectivity index (χ1) is 9.29. The molecule has 1 amide bonds. The Morgan fingerprint density at radius 1 is 1.20 bits per heavy atom. The molecule has 1 aliphatic heterocycles. The van der Waals surface area contributed by atoms with Gasteiger partial charge in [0.05, 0.1) is 4.90 Å². The van der Waals surface area contributed by atoms with Crippen molar-refractivity contribution in [1.82, 2.24) is 4.72 Å². The highest BCUT2D eigenvalue weighted by Gasteiger charge is 2.22. The van der Waals surface area contributed by atoms with Crippen molar-refractivity contribution in [2.75, 3.05) is 5.32 Å². The van der Waals surface area contributed by atoms with Gasteiger partial charge in [0, 0.05) is 18.2 Å². The molecule has 0 aliphatic carbocycles. The van der Waals surface area contributed by atoms with Crippen LogP contribution in [0.2, 0.25) is 0 Å². The van der Waals surface area contributed by atoms with Gasteiger partial charge in [-0.1, -0.05) is 13.8 Å². The summed E-state index contributed by atoms with van der Waals surface area (Å²) in [5, 5.41) is 2.74. The Balaban J connectivity index is 2.27. The Labute approximate surface area is 119 Å². The minimum atomic E-state index is -3.51. The fourth-order valence-electron chi connectivity index (χ4n) is 1.98. The van der Waals surface area contributed by atoms with Gasteiger partial charge in [0.2, 0.25) is 15.9 Å². The number of aryl methyl sites for hydroxylation is 1. The second-order valence-electron chi connectivity index (χ2n) is 5.52. The van der Waals surface area contributed by atoms with Gasteiger partial charge in [-0.25, -0.2) is 13.1 Å². The lowest BCUT2D eigenvalue weighted by molar-refractivity contribution is -0.116. The van der Waals surface area contributed by atoms with Crippen LogP contribution in [-0.2, 0) is 21.2 Å². The third-order valence-electron chi connectivity index (χ3n) is 3.62. The maximum Gasteiger partial charge on any atom is 0.240 e. The molecule has 110 valence electrons. The molecule has 0 radical (unpaired) electrons. The maximum atomic E-state index is 12.3. The van der Waals surface area contributed by atoms with E-state index in [0.717, 1.165) is 5.56 Å². The predicted molar refractivity (Wildman–Crippen MR) is 78.0 cm³/mol. The number of sulfonamides is 1. The van der Waals surface area contributed by atoms with E-state index >= 15 is 0 Å². The largest absolute Gasteiger partial charge is 0.326 e. The van der Waals surface area contributed by atoms with Crippen LogP contribution in [0.15, 0.2) is 23.1 Å². The molecule has 1 aliphatic rings.